The molecule has 102 valence electrons. The molecule has 0 aromatic carbocycles. The quantitative estimate of drug-likeness (QED) is 0.714. The van der Waals surface area contributed by atoms with Gasteiger partial charge in [0.1, 0.15) is 5.25 Å². The fourth-order valence-corrected chi connectivity index (χ4v) is 3.75. The highest BCUT2D eigenvalue weighted by atomic mass is 32.2. The van der Waals surface area contributed by atoms with E-state index in [4.69, 9.17) is 4.74 Å². The third kappa shape index (κ3) is 4.94. The molecule has 1 heterocycles. The van der Waals surface area contributed by atoms with Crippen LogP contribution in [0.3, 0.4) is 0 Å². The van der Waals surface area contributed by atoms with Crippen LogP contribution < -0.4 is 4.72 Å². The smallest absolute Gasteiger partial charge is 0.217 e. The monoisotopic (exact) mass is 263 g/mol. The van der Waals surface area contributed by atoms with Crippen molar-refractivity contribution in [3.05, 3.63) is 0 Å². The van der Waals surface area contributed by atoms with Gasteiger partial charge in [0.05, 0.1) is 6.10 Å². The molecule has 0 saturated carbocycles. The highest BCUT2D eigenvalue weighted by Crippen LogP contribution is 2.19. The van der Waals surface area contributed by atoms with Crippen molar-refractivity contribution in [2.24, 2.45) is 5.92 Å². The van der Waals surface area contributed by atoms with Gasteiger partial charge >= 0.3 is 0 Å². The van der Waals surface area contributed by atoms with Crippen molar-refractivity contribution in [2.75, 3.05) is 13.2 Å². The summed E-state index contributed by atoms with van der Waals surface area (Å²) in [5.74, 6) is 0.690. The molecule has 5 heteroatoms. The molecule has 1 saturated heterocycles. The molecule has 4 nitrogen and oxygen atoms in total. The van der Waals surface area contributed by atoms with Crippen LogP contribution in [0.15, 0.2) is 0 Å². The van der Waals surface area contributed by atoms with Gasteiger partial charge < -0.3 is 4.74 Å². The largest absolute Gasteiger partial charge is 0.377 e. The lowest BCUT2D eigenvalue weighted by Crippen LogP contribution is -2.38. The Morgan fingerprint density at radius 1 is 1.35 bits per heavy atom. The minimum atomic E-state index is -3.18. The maximum Gasteiger partial charge on any atom is 0.217 e. The first-order valence-electron chi connectivity index (χ1n) is 6.53. The number of hydrogen-bond acceptors (Lipinski definition) is 3. The fourth-order valence-electron chi connectivity index (χ4n) is 2.12. The highest BCUT2D eigenvalue weighted by molar-refractivity contribution is 7.90. The summed E-state index contributed by atoms with van der Waals surface area (Å²) in [6.45, 7) is 7.30. The minimum absolute atomic E-state index is 0.178. The maximum atomic E-state index is 11.9. The topological polar surface area (TPSA) is 55.4 Å². The summed E-state index contributed by atoms with van der Waals surface area (Å²) in [5.41, 5.74) is 0. The average molecular weight is 263 g/mol. The molecule has 0 radical (unpaired) electrons. The lowest BCUT2D eigenvalue weighted by atomic mass is 10.1. The summed E-state index contributed by atoms with van der Waals surface area (Å²) >= 11 is 0. The molecule has 17 heavy (non-hydrogen) atoms. The number of nitrogens with one attached hydrogen (secondary N) is 1. The van der Waals surface area contributed by atoms with Crippen LogP contribution in [-0.4, -0.2) is 32.9 Å². The number of hydrogen-bond donors (Lipinski definition) is 1. The first kappa shape index (κ1) is 14.9. The Kier molecular flexibility index (Phi) is 5.89. The molecular formula is C12H25NO3S. The Balaban J connectivity index is 2.25. The zero-order chi connectivity index (χ0) is 12.9. The minimum Gasteiger partial charge on any atom is -0.377 e. The molecule has 0 aliphatic carbocycles. The van der Waals surface area contributed by atoms with Crippen molar-refractivity contribution in [2.45, 2.75) is 57.8 Å². The molecule has 1 aliphatic rings. The van der Waals surface area contributed by atoms with E-state index in [1.807, 2.05) is 6.92 Å². The van der Waals surface area contributed by atoms with E-state index in [0.717, 1.165) is 19.3 Å². The van der Waals surface area contributed by atoms with Crippen molar-refractivity contribution in [1.29, 1.82) is 0 Å². The van der Waals surface area contributed by atoms with Crippen molar-refractivity contribution >= 4 is 10.0 Å². The Labute approximate surface area is 105 Å². The predicted molar refractivity (Wildman–Crippen MR) is 69.4 cm³/mol. The normalized spacial score (nSPS) is 25.6. The Morgan fingerprint density at radius 2 is 2.06 bits per heavy atom. The van der Waals surface area contributed by atoms with Crippen LogP contribution in [0.25, 0.3) is 0 Å². The third-order valence-electron chi connectivity index (χ3n) is 3.22. The molecule has 2 atom stereocenters. The number of rotatable bonds is 7. The molecule has 0 amide bonds. The summed E-state index contributed by atoms with van der Waals surface area (Å²) in [4.78, 5) is 0. The van der Waals surface area contributed by atoms with E-state index >= 15 is 0 Å². The van der Waals surface area contributed by atoms with E-state index in [1.54, 1.807) is 0 Å². The maximum absolute atomic E-state index is 11.9. The van der Waals surface area contributed by atoms with Crippen LogP contribution in [0, 0.1) is 5.92 Å². The zero-order valence-electron chi connectivity index (χ0n) is 11.1. The summed E-state index contributed by atoms with van der Waals surface area (Å²) in [6.07, 6.45) is 3.59. The van der Waals surface area contributed by atoms with Gasteiger partial charge in [0, 0.05) is 13.2 Å². The van der Waals surface area contributed by atoms with Crippen molar-refractivity contribution in [1.82, 2.24) is 4.72 Å². The van der Waals surface area contributed by atoms with Crippen LogP contribution in [0.4, 0.5) is 0 Å². The summed E-state index contributed by atoms with van der Waals surface area (Å²) in [5, 5.41) is -0.368. The zero-order valence-corrected chi connectivity index (χ0v) is 11.9. The second kappa shape index (κ2) is 6.71. The lowest BCUT2D eigenvalue weighted by molar-refractivity contribution is 0.126. The highest BCUT2D eigenvalue weighted by Gasteiger charge is 2.35. The van der Waals surface area contributed by atoms with E-state index in [-0.39, 0.29) is 11.4 Å². The van der Waals surface area contributed by atoms with Gasteiger partial charge in [-0.1, -0.05) is 26.7 Å². The molecule has 1 N–H and O–H groups in total. The second-order valence-electron chi connectivity index (χ2n) is 5.23. The third-order valence-corrected chi connectivity index (χ3v) is 5.24. The predicted octanol–water partition coefficient (Wildman–Crippen LogP) is 1.91. The molecule has 0 aromatic heterocycles. The average Bonchev–Trinajstić information content (AvgIpc) is 2.64. The Hall–Kier alpha value is -0.130. The molecule has 0 unspecified atom stereocenters. The molecule has 0 aromatic rings. The summed E-state index contributed by atoms with van der Waals surface area (Å²) in [6, 6.07) is 0. The molecule has 1 fully saturated rings. The number of ether oxygens (including phenoxy) is 1. The van der Waals surface area contributed by atoms with Crippen molar-refractivity contribution < 1.29 is 13.2 Å². The number of unbranched alkanes of at least 4 members (excludes halogenated alkanes) is 1. The van der Waals surface area contributed by atoms with E-state index in [9.17, 15) is 8.42 Å². The van der Waals surface area contributed by atoms with Gasteiger partial charge in [-0.2, -0.15) is 0 Å². The molecule has 1 aliphatic heterocycles. The second-order valence-corrected chi connectivity index (χ2v) is 7.22. The van der Waals surface area contributed by atoms with Gasteiger partial charge in [0.2, 0.25) is 10.0 Å². The number of sulfonamides is 1. The van der Waals surface area contributed by atoms with E-state index in [2.05, 4.69) is 18.6 Å². The van der Waals surface area contributed by atoms with Crippen molar-refractivity contribution in [3.8, 4) is 0 Å². The molecule has 1 rings (SSSR count). The van der Waals surface area contributed by atoms with Crippen LogP contribution in [0.2, 0.25) is 0 Å². The first-order chi connectivity index (χ1) is 7.93. The van der Waals surface area contributed by atoms with Gasteiger partial charge in [-0.05, 0) is 25.7 Å². The summed E-state index contributed by atoms with van der Waals surface area (Å²) in [7, 11) is -3.18. The van der Waals surface area contributed by atoms with Gasteiger partial charge in [-0.3, -0.25) is 0 Å². The standard InChI is InChI=1S/C12H25NO3S/c1-10(2)6-4-5-8-13-17(14,15)12-7-9-16-11(12)3/h10-13H,4-9H2,1-3H3/t11-,12+/m0/s1. The Bertz CT molecular complexity index is 314. The van der Waals surface area contributed by atoms with E-state index < -0.39 is 10.0 Å². The van der Waals surface area contributed by atoms with Crippen LogP contribution in [0.5, 0.6) is 0 Å². The first-order valence-corrected chi connectivity index (χ1v) is 8.08. The van der Waals surface area contributed by atoms with Crippen LogP contribution in [-0.2, 0) is 14.8 Å². The van der Waals surface area contributed by atoms with E-state index in [0.29, 0.717) is 25.5 Å². The van der Waals surface area contributed by atoms with Crippen molar-refractivity contribution in [3.63, 3.8) is 0 Å². The van der Waals surface area contributed by atoms with Gasteiger partial charge in [0.25, 0.3) is 0 Å². The van der Waals surface area contributed by atoms with E-state index in [1.165, 1.54) is 0 Å². The fraction of sp³-hybridized carbons (Fsp3) is 1.00. The lowest BCUT2D eigenvalue weighted by Gasteiger charge is -2.15. The van der Waals surface area contributed by atoms with Gasteiger partial charge in [0.15, 0.2) is 0 Å². The van der Waals surface area contributed by atoms with Gasteiger partial charge in [-0.25, -0.2) is 13.1 Å². The van der Waals surface area contributed by atoms with Crippen LogP contribution >= 0.6 is 0 Å². The van der Waals surface area contributed by atoms with Crippen LogP contribution in [0.1, 0.15) is 46.5 Å². The molecule has 0 spiro atoms. The summed E-state index contributed by atoms with van der Waals surface area (Å²) < 4.78 is 31.9. The molecular weight excluding hydrogens is 238 g/mol. The van der Waals surface area contributed by atoms with Gasteiger partial charge in [-0.15, -0.1) is 0 Å². The SMILES string of the molecule is CC(C)CCCCNS(=O)(=O)[C@@H]1CCO[C@H]1C. The Morgan fingerprint density at radius 3 is 2.59 bits per heavy atom. The molecule has 0 bridgehead atoms.